The molecule has 0 aliphatic heterocycles. The normalized spacial score (nSPS) is 12.4. The van der Waals surface area contributed by atoms with E-state index in [2.05, 4.69) is 11.2 Å². The number of amides is 1. The Hall–Kier alpha value is -1.23. The Morgan fingerprint density at radius 3 is 2.83 bits per heavy atom. The third-order valence-corrected chi connectivity index (χ3v) is 1.41. The van der Waals surface area contributed by atoms with Crippen molar-refractivity contribution in [3.05, 3.63) is 12.2 Å². The van der Waals surface area contributed by atoms with Crippen molar-refractivity contribution in [3.63, 3.8) is 0 Å². The van der Waals surface area contributed by atoms with Gasteiger partial charge in [0.2, 0.25) is 5.91 Å². The Bertz CT molecular complexity index is 200. The van der Waals surface area contributed by atoms with E-state index in [9.17, 15) is 4.79 Å². The maximum Gasteiger partial charge on any atom is 0.244 e. The van der Waals surface area contributed by atoms with Gasteiger partial charge in [0.25, 0.3) is 0 Å². The Morgan fingerprint density at radius 2 is 2.42 bits per heavy atom. The molecule has 0 bridgehead atoms. The highest BCUT2D eigenvalue weighted by molar-refractivity contribution is 5.87. The average molecular weight is 165 g/mol. The Labute approximate surface area is 74.0 Å². The van der Waals surface area contributed by atoms with Gasteiger partial charge < -0.3 is 5.32 Å². The number of allylic oxidation sites excluding steroid dienone is 1. The highest BCUT2D eigenvalue weighted by Gasteiger charge is 2.04. The van der Waals surface area contributed by atoms with Gasteiger partial charge in [0, 0.05) is 0 Å². The van der Waals surface area contributed by atoms with Crippen LogP contribution in [0.1, 0.15) is 26.7 Å². The molecule has 66 valence electrons. The van der Waals surface area contributed by atoms with Gasteiger partial charge in [-0.2, -0.15) is 0 Å². The van der Waals surface area contributed by atoms with Gasteiger partial charge in [-0.3, -0.25) is 4.79 Å². The van der Waals surface area contributed by atoms with Crippen molar-refractivity contribution in [2.24, 2.45) is 0 Å². The first-order valence-corrected chi connectivity index (χ1v) is 4.13. The van der Waals surface area contributed by atoms with Crippen LogP contribution in [0.2, 0.25) is 0 Å². The molecule has 0 radical (unpaired) electrons. The lowest BCUT2D eigenvalue weighted by molar-refractivity contribution is -0.116. The first-order valence-electron chi connectivity index (χ1n) is 4.13. The van der Waals surface area contributed by atoms with E-state index in [1.165, 1.54) is 6.08 Å². The summed E-state index contributed by atoms with van der Waals surface area (Å²) >= 11 is 0. The second-order valence-electron chi connectivity index (χ2n) is 2.52. The molecule has 0 fully saturated rings. The van der Waals surface area contributed by atoms with Crippen LogP contribution in [0.5, 0.6) is 0 Å². The van der Waals surface area contributed by atoms with E-state index in [0.29, 0.717) is 0 Å². The molecule has 0 heterocycles. The zero-order valence-corrected chi connectivity index (χ0v) is 7.63. The number of rotatable bonds is 4. The monoisotopic (exact) mass is 165 g/mol. The highest BCUT2D eigenvalue weighted by atomic mass is 16.1. The van der Waals surface area contributed by atoms with Crippen molar-refractivity contribution in [2.45, 2.75) is 32.7 Å². The molecule has 0 rings (SSSR count). The predicted molar refractivity (Wildman–Crippen MR) is 50.5 cm³/mol. The molecular formula is C10H15NO. The van der Waals surface area contributed by atoms with Crippen molar-refractivity contribution >= 4 is 5.91 Å². The van der Waals surface area contributed by atoms with Crippen LogP contribution in [0.3, 0.4) is 0 Å². The second kappa shape index (κ2) is 6.48. The zero-order valence-electron chi connectivity index (χ0n) is 7.63. The van der Waals surface area contributed by atoms with E-state index >= 15 is 0 Å². The van der Waals surface area contributed by atoms with Gasteiger partial charge in [-0.1, -0.05) is 25.3 Å². The summed E-state index contributed by atoms with van der Waals surface area (Å²) in [4.78, 5) is 11.0. The van der Waals surface area contributed by atoms with Crippen LogP contribution in [-0.2, 0) is 4.79 Å². The first-order chi connectivity index (χ1) is 5.74. The van der Waals surface area contributed by atoms with Gasteiger partial charge in [0.05, 0.1) is 6.04 Å². The Balaban J connectivity index is 3.87. The first kappa shape index (κ1) is 10.8. The van der Waals surface area contributed by atoms with Crippen molar-refractivity contribution in [1.82, 2.24) is 5.32 Å². The average Bonchev–Trinajstić information content (AvgIpc) is 2.04. The van der Waals surface area contributed by atoms with Gasteiger partial charge >= 0.3 is 0 Å². The molecule has 2 heteroatoms. The molecule has 0 aromatic heterocycles. The molecular weight excluding hydrogens is 150 g/mol. The Kier molecular flexibility index (Phi) is 5.81. The maximum atomic E-state index is 11.0. The van der Waals surface area contributed by atoms with Crippen LogP contribution in [0.4, 0.5) is 0 Å². The molecule has 1 atom stereocenters. The molecule has 0 aromatic carbocycles. The molecule has 0 spiro atoms. The van der Waals surface area contributed by atoms with E-state index in [1.54, 1.807) is 13.0 Å². The van der Waals surface area contributed by atoms with Crippen molar-refractivity contribution in [2.75, 3.05) is 0 Å². The number of nitrogens with one attached hydrogen (secondary N) is 1. The number of carbonyl (C=O) groups excluding carboxylic acids is 1. The Morgan fingerprint density at radius 1 is 1.75 bits per heavy atom. The van der Waals surface area contributed by atoms with Crippen LogP contribution in [0.15, 0.2) is 12.2 Å². The lowest BCUT2D eigenvalue weighted by Crippen LogP contribution is -2.32. The molecule has 0 aromatic rings. The molecule has 12 heavy (non-hydrogen) atoms. The molecule has 0 saturated heterocycles. The van der Waals surface area contributed by atoms with Crippen LogP contribution in [0, 0.1) is 12.3 Å². The maximum absolute atomic E-state index is 11.0. The van der Waals surface area contributed by atoms with E-state index in [1.807, 2.05) is 6.92 Å². The van der Waals surface area contributed by atoms with Crippen molar-refractivity contribution in [1.29, 1.82) is 0 Å². The summed E-state index contributed by atoms with van der Waals surface area (Å²) in [5.41, 5.74) is 0. The fourth-order valence-corrected chi connectivity index (χ4v) is 0.857. The van der Waals surface area contributed by atoms with Crippen molar-refractivity contribution in [3.8, 4) is 12.3 Å². The summed E-state index contributed by atoms with van der Waals surface area (Å²) in [6, 6.07) is -0.126. The fourth-order valence-electron chi connectivity index (χ4n) is 0.857. The van der Waals surface area contributed by atoms with Crippen molar-refractivity contribution < 1.29 is 4.79 Å². The lowest BCUT2D eigenvalue weighted by atomic mass is 10.2. The smallest absolute Gasteiger partial charge is 0.244 e. The third kappa shape index (κ3) is 4.56. The number of carbonyl (C=O) groups is 1. The van der Waals surface area contributed by atoms with E-state index < -0.39 is 0 Å². The van der Waals surface area contributed by atoms with Gasteiger partial charge in [-0.15, -0.1) is 6.42 Å². The number of hydrogen-bond donors (Lipinski definition) is 1. The quantitative estimate of drug-likeness (QED) is 0.496. The third-order valence-electron chi connectivity index (χ3n) is 1.41. The minimum atomic E-state index is -0.126. The fraction of sp³-hybridized carbons (Fsp3) is 0.500. The summed E-state index contributed by atoms with van der Waals surface area (Å²) in [7, 11) is 0. The van der Waals surface area contributed by atoms with Gasteiger partial charge in [-0.25, -0.2) is 0 Å². The summed E-state index contributed by atoms with van der Waals surface area (Å²) in [6.45, 7) is 3.83. The van der Waals surface area contributed by atoms with Crippen LogP contribution in [0.25, 0.3) is 0 Å². The van der Waals surface area contributed by atoms with E-state index in [4.69, 9.17) is 6.42 Å². The van der Waals surface area contributed by atoms with E-state index in [0.717, 1.165) is 12.8 Å². The predicted octanol–water partition coefficient (Wildman–Crippen LogP) is 1.48. The van der Waals surface area contributed by atoms with Crippen LogP contribution in [-0.4, -0.2) is 11.9 Å². The van der Waals surface area contributed by atoms with Gasteiger partial charge in [0.1, 0.15) is 0 Å². The summed E-state index contributed by atoms with van der Waals surface area (Å²) < 4.78 is 0. The van der Waals surface area contributed by atoms with E-state index in [-0.39, 0.29) is 11.9 Å². The van der Waals surface area contributed by atoms with Crippen LogP contribution >= 0.6 is 0 Å². The number of terminal acetylenes is 1. The largest absolute Gasteiger partial charge is 0.339 e. The minimum absolute atomic E-state index is 0.117. The molecule has 0 aliphatic carbocycles. The molecule has 1 unspecified atom stereocenters. The minimum Gasteiger partial charge on any atom is -0.339 e. The summed E-state index contributed by atoms with van der Waals surface area (Å²) in [5, 5.41) is 2.71. The topological polar surface area (TPSA) is 29.1 Å². The zero-order chi connectivity index (χ0) is 9.40. The second-order valence-corrected chi connectivity index (χ2v) is 2.52. The lowest BCUT2D eigenvalue weighted by Gasteiger charge is -2.09. The highest BCUT2D eigenvalue weighted by Crippen LogP contribution is 1.94. The summed E-state index contributed by atoms with van der Waals surface area (Å²) in [6.07, 6.45) is 10.2. The molecule has 0 aliphatic rings. The SMILES string of the molecule is C#CC(CCC)NC(=O)/C=C/C. The standard InChI is InChI=1S/C10H15NO/c1-4-7-9(6-3)11-10(12)8-5-2/h3,5,8-9H,4,7H2,1-2H3,(H,11,12)/b8-5+. The summed E-state index contributed by atoms with van der Waals surface area (Å²) in [5.74, 6) is 2.41. The van der Waals surface area contributed by atoms with Crippen LogP contribution < -0.4 is 5.32 Å². The number of hydrogen-bond acceptors (Lipinski definition) is 1. The van der Waals surface area contributed by atoms with Gasteiger partial charge in [-0.05, 0) is 19.4 Å². The molecule has 1 amide bonds. The molecule has 0 saturated carbocycles. The molecule has 2 nitrogen and oxygen atoms in total. The molecule has 1 N–H and O–H groups in total. The van der Waals surface area contributed by atoms with Gasteiger partial charge in [0.15, 0.2) is 0 Å².